The lowest BCUT2D eigenvalue weighted by molar-refractivity contribution is -0.137. The maximum Gasteiger partial charge on any atom is 0.416 e. The van der Waals surface area contributed by atoms with Crippen molar-refractivity contribution in [3.63, 3.8) is 0 Å². The van der Waals surface area contributed by atoms with Crippen molar-refractivity contribution < 1.29 is 26.7 Å². The maximum atomic E-state index is 14.2. The summed E-state index contributed by atoms with van der Waals surface area (Å²) in [6.45, 7) is 3.08. The Morgan fingerprint density at radius 3 is 2.41 bits per heavy atom. The molecule has 1 aromatic heterocycles. The Labute approximate surface area is 163 Å². The van der Waals surface area contributed by atoms with Crippen LogP contribution in [-0.4, -0.2) is 15.7 Å². The molecule has 0 aliphatic heterocycles. The van der Waals surface area contributed by atoms with Crippen LogP contribution in [-0.2, 0) is 6.18 Å². The molecular formula is C20H18F5N3O. The Morgan fingerprint density at radius 2 is 1.86 bits per heavy atom. The highest BCUT2D eigenvalue weighted by atomic mass is 19.4. The van der Waals surface area contributed by atoms with Crippen molar-refractivity contribution in [1.82, 2.24) is 9.78 Å². The molecule has 1 aromatic carbocycles. The summed E-state index contributed by atoms with van der Waals surface area (Å²) in [7, 11) is 0. The van der Waals surface area contributed by atoms with Crippen molar-refractivity contribution in [2.24, 2.45) is 0 Å². The Balaban J connectivity index is 1.98. The molecule has 4 nitrogen and oxygen atoms in total. The number of amides is 1. The third-order valence-corrected chi connectivity index (χ3v) is 4.45. The second-order valence-electron chi connectivity index (χ2n) is 6.63. The summed E-state index contributed by atoms with van der Waals surface area (Å²) in [5.74, 6) is -2.47. The molecule has 154 valence electrons. The number of carbonyl (C=O) groups excluding carboxylic acids is 1. The van der Waals surface area contributed by atoms with Crippen LogP contribution in [0.4, 0.5) is 27.8 Å². The summed E-state index contributed by atoms with van der Waals surface area (Å²) in [4.78, 5) is 12.5. The van der Waals surface area contributed by atoms with E-state index in [2.05, 4.69) is 10.4 Å². The number of aromatic nitrogens is 2. The minimum Gasteiger partial charge on any atom is -0.306 e. The van der Waals surface area contributed by atoms with Gasteiger partial charge in [-0.05, 0) is 51.0 Å². The fraction of sp³-hybridized carbons (Fsp3) is 0.300. The van der Waals surface area contributed by atoms with Gasteiger partial charge in [0.1, 0.15) is 17.5 Å². The monoisotopic (exact) mass is 411 g/mol. The average Bonchev–Trinajstić information content (AvgIpc) is 3.43. The number of benzene rings is 1. The van der Waals surface area contributed by atoms with Crippen molar-refractivity contribution in [3.05, 3.63) is 64.9 Å². The van der Waals surface area contributed by atoms with E-state index in [1.807, 2.05) is 0 Å². The standard InChI is InChI=1S/C20H18F5N3O/c1-3-15(22)17(4-2)28-18(10-16(27-28)11-5-6-11)26-19(29)12-7-13(20(23,24)25)9-14(21)8-12/h3-4,7-11H,5-6H2,1-2H3,(H,26,29)/b15-3+,17-4+. The van der Waals surface area contributed by atoms with E-state index in [0.29, 0.717) is 23.9 Å². The van der Waals surface area contributed by atoms with E-state index in [4.69, 9.17) is 0 Å². The number of halogens is 5. The first-order chi connectivity index (χ1) is 13.6. The van der Waals surface area contributed by atoms with Gasteiger partial charge in [0.25, 0.3) is 5.91 Å². The van der Waals surface area contributed by atoms with Gasteiger partial charge in [0.15, 0.2) is 0 Å². The summed E-state index contributed by atoms with van der Waals surface area (Å²) in [5, 5.41) is 6.75. The zero-order valence-electron chi connectivity index (χ0n) is 15.6. The van der Waals surface area contributed by atoms with E-state index < -0.39 is 34.9 Å². The SMILES string of the molecule is C/C=C(F)\C(=C/C)n1nc(C2CC2)cc1NC(=O)c1cc(F)cc(C(F)(F)F)c1. The number of nitrogens with zero attached hydrogens (tertiary/aromatic N) is 2. The summed E-state index contributed by atoms with van der Waals surface area (Å²) >= 11 is 0. The summed E-state index contributed by atoms with van der Waals surface area (Å²) in [6.07, 6.45) is -0.313. The van der Waals surface area contributed by atoms with Gasteiger partial charge in [0.05, 0.1) is 17.0 Å². The number of rotatable bonds is 5. The molecule has 1 aliphatic carbocycles. The second-order valence-corrected chi connectivity index (χ2v) is 6.63. The lowest BCUT2D eigenvalue weighted by Crippen LogP contribution is -2.17. The number of allylic oxidation sites excluding steroid dienone is 4. The van der Waals surface area contributed by atoms with Crippen LogP contribution in [0.5, 0.6) is 0 Å². The molecule has 1 heterocycles. The topological polar surface area (TPSA) is 46.9 Å². The highest BCUT2D eigenvalue weighted by Crippen LogP contribution is 2.41. The Morgan fingerprint density at radius 1 is 1.17 bits per heavy atom. The van der Waals surface area contributed by atoms with Crippen molar-refractivity contribution >= 4 is 17.4 Å². The van der Waals surface area contributed by atoms with Gasteiger partial charge in [-0.1, -0.05) is 6.08 Å². The molecule has 0 saturated heterocycles. The summed E-state index contributed by atoms with van der Waals surface area (Å²) < 4.78 is 67.8. The van der Waals surface area contributed by atoms with Crippen LogP contribution in [0.2, 0.25) is 0 Å². The van der Waals surface area contributed by atoms with Crippen molar-refractivity contribution in [2.75, 3.05) is 5.32 Å². The fourth-order valence-corrected chi connectivity index (χ4v) is 2.83. The van der Waals surface area contributed by atoms with Gasteiger partial charge in [0.2, 0.25) is 0 Å². The molecular weight excluding hydrogens is 393 g/mol. The Bertz CT molecular complexity index is 1000. The highest BCUT2D eigenvalue weighted by molar-refractivity contribution is 6.04. The predicted octanol–water partition coefficient (Wildman–Crippen LogP) is 5.90. The number of carbonyl (C=O) groups is 1. The molecule has 0 bridgehead atoms. The normalized spacial score (nSPS) is 15.6. The second kappa shape index (κ2) is 7.81. The van der Waals surface area contributed by atoms with Crippen LogP contribution in [0.3, 0.4) is 0 Å². The molecule has 0 radical (unpaired) electrons. The van der Waals surface area contributed by atoms with Gasteiger partial charge < -0.3 is 5.32 Å². The van der Waals surface area contributed by atoms with E-state index in [9.17, 15) is 26.7 Å². The number of alkyl halides is 3. The van der Waals surface area contributed by atoms with Crippen molar-refractivity contribution in [1.29, 1.82) is 0 Å². The minimum absolute atomic E-state index is 0.0740. The number of hydrogen-bond donors (Lipinski definition) is 1. The van der Waals surface area contributed by atoms with Crippen molar-refractivity contribution in [2.45, 2.75) is 38.8 Å². The van der Waals surface area contributed by atoms with E-state index in [-0.39, 0.29) is 17.4 Å². The Hall–Kier alpha value is -2.97. The zero-order chi connectivity index (χ0) is 21.3. The number of anilines is 1. The van der Waals surface area contributed by atoms with Gasteiger partial charge in [-0.25, -0.2) is 13.5 Å². The lowest BCUT2D eigenvalue weighted by atomic mass is 10.1. The van der Waals surface area contributed by atoms with E-state index in [1.54, 1.807) is 13.0 Å². The predicted molar refractivity (Wildman–Crippen MR) is 98.4 cm³/mol. The number of hydrogen-bond acceptors (Lipinski definition) is 2. The van der Waals surface area contributed by atoms with E-state index in [1.165, 1.54) is 23.8 Å². The van der Waals surface area contributed by atoms with Crippen LogP contribution >= 0.6 is 0 Å². The van der Waals surface area contributed by atoms with Crippen molar-refractivity contribution in [3.8, 4) is 0 Å². The molecule has 1 amide bonds. The first kappa shape index (κ1) is 20.8. The van der Waals surface area contributed by atoms with E-state index in [0.717, 1.165) is 12.8 Å². The molecule has 1 saturated carbocycles. The zero-order valence-corrected chi connectivity index (χ0v) is 15.6. The molecule has 0 atom stereocenters. The quantitative estimate of drug-likeness (QED) is 0.492. The van der Waals surface area contributed by atoms with Crippen LogP contribution < -0.4 is 5.32 Å². The first-order valence-corrected chi connectivity index (χ1v) is 8.92. The molecule has 1 N–H and O–H groups in total. The third-order valence-electron chi connectivity index (χ3n) is 4.45. The molecule has 9 heteroatoms. The van der Waals surface area contributed by atoms with Gasteiger partial charge in [-0.2, -0.15) is 18.3 Å². The first-order valence-electron chi connectivity index (χ1n) is 8.92. The molecule has 0 unspecified atom stereocenters. The highest BCUT2D eigenvalue weighted by Gasteiger charge is 2.32. The van der Waals surface area contributed by atoms with Crippen LogP contribution in [0, 0.1) is 5.82 Å². The van der Waals surface area contributed by atoms with Crippen LogP contribution in [0.1, 0.15) is 54.2 Å². The lowest BCUT2D eigenvalue weighted by Gasteiger charge is -2.12. The summed E-state index contributed by atoms with van der Waals surface area (Å²) in [5.41, 5.74) is -1.07. The Kier molecular flexibility index (Phi) is 5.59. The van der Waals surface area contributed by atoms with Crippen LogP contribution in [0.25, 0.3) is 5.70 Å². The fourth-order valence-electron chi connectivity index (χ4n) is 2.83. The molecule has 0 spiro atoms. The average molecular weight is 411 g/mol. The molecule has 2 aromatic rings. The van der Waals surface area contributed by atoms with Gasteiger partial charge in [-0.15, -0.1) is 0 Å². The van der Waals surface area contributed by atoms with E-state index >= 15 is 0 Å². The third kappa shape index (κ3) is 4.55. The summed E-state index contributed by atoms with van der Waals surface area (Å²) in [6, 6.07) is 3.12. The van der Waals surface area contributed by atoms with Gasteiger partial charge in [0, 0.05) is 17.5 Å². The number of nitrogens with one attached hydrogen (secondary N) is 1. The molecule has 1 fully saturated rings. The molecule has 3 rings (SSSR count). The maximum absolute atomic E-state index is 14.2. The van der Waals surface area contributed by atoms with Gasteiger partial charge >= 0.3 is 6.18 Å². The minimum atomic E-state index is -4.80. The van der Waals surface area contributed by atoms with Gasteiger partial charge in [-0.3, -0.25) is 4.79 Å². The smallest absolute Gasteiger partial charge is 0.306 e. The largest absolute Gasteiger partial charge is 0.416 e. The van der Waals surface area contributed by atoms with Crippen LogP contribution in [0.15, 0.2) is 42.2 Å². The molecule has 29 heavy (non-hydrogen) atoms. The molecule has 1 aliphatic rings.